The van der Waals surface area contributed by atoms with Gasteiger partial charge in [-0.2, -0.15) is 15.6 Å². The van der Waals surface area contributed by atoms with Crippen molar-refractivity contribution < 1.29 is 8.42 Å². The Morgan fingerprint density at radius 1 is 1.25 bits per heavy atom. The fraction of sp³-hybridized carbons (Fsp3) is 0.286. The van der Waals surface area contributed by atoms with Gasteiger partial charge in [0.25, 0.3) is 0 Å². The molecule has 0 amide bonds. The van der Waals surface area contributed by atoms with E-state index >= 15 is 0 Å². The van der Waals surface area contributed by atoms with Crippen molar-refractivity contribution in [2.24, 2.45) is 0 Å². The van der Waals surface area contributed by atoms with Crippen LogP contribution in [0.1, 0.15) is 16.7 Å². The molecule has 0 saturated heterocycles. The second-order valence-corrected chi connectivity index (χ2v) is 7.75. The molecule has 1 aliphatic rings. The van der Waals surface area contributed by atoms with Gasteiger partial charge in [-0.15, -0.1) is 0 Å². The van der Waals surface area contributed by atoms with Crippen molar-refractivity contribution in [1.82, 2.24) is 9.62 Å². The Balaban J connectivity index is 1.87. The van der Waals surface area contributed by atoms with Gasteiger partial charge < -0.3 is 5.32 Å². The van der Waals surface area contributed by atoms with Crippen LogP contribution in [0.4, 0.5) is 0 Å². The maximum absolute atomic E-state index is 12.6. The minimum atomic E-state index is -3.43. The third-order valence-corrected chi connectivity index (χ3v) is 6.03. The molecule has 1 N–H and O–H groups in total. The lowest BCUT2D eigenvalue weighted by atomic mass is 10.1. The van der Waals surface area contributed by atoms with Crippen LogP contribution in [0.5, 0.6) is 0 Å². The number of sulfonamides is 1. The van der Waals surface area contributed by atoms with Gasteiger partial charge in [-0.1, -0.05) is 6.07 Å². The van der Waals surface area contributed by atoms with E-state index in [0.29, 0.717) is 11.4 Å². The van der Waals surface area contributed by atoms with Crippen LogP contribution in [0.15, 0.2) is 39.9 Å². The van der Waals surface area contributed by atoms with Crippen molar-refractivity contribution in [3.63, 3.8) is 0 Å². The van der Waals surface area contributed by atoms with Gasteiger partial charge in [-0.25, -0.2) is 8.42 Å². The van der Waals surface area contributed by atoms with Gasteiger partial charge in [0.15, 0.2) is 0 Å². The van der Waals surface area contributed by atoms with E-state index in [1.807, 2.05) is 22.9 Å². The average molecular weight is 308 g/mol. The van der Waals surface area contributed by atoms with Crippen LogP contribution >= 0.6 is 11.3 Å². The molecule has 0 unspecified atom stereocenters. The Kier molecular flexibility index (Phi) is 3.64. The molecule has 1 aromatic carbocycles. The molecule has 4 nitrogen and oxygen atoms in total. The van der Waals surface area contributed by atoms with Gasteiger partial charge in [0.1, 0.15) is 0 Å². The van der Waals surface area contributed by atoms with Crippen molar-refractivity contribution in [3.8, 4) is 0 Å². The molecule has 0 bridgehead atoms. The van der Waals surface area contributed by atoms with E-state index in [0.717, 1.165) is 24.2 Å². The van der Waals surface area contributed by atoms with Gasteiger partial charge in [-0.3, -0.25) is 0 Å². The number of fused-ring (bicyclic) bond motifs is 1. The highest BCUT2D eigenvalue weighted by Gasteiger charge is 2.23. The summed E-state index contributed by atoms with van der Waals surface area (Å²) in [6.07, 6.45) is 0. The molecule has 0 fully saturated rings. The van der Waals surface area contributed by atoms with Crippen molar-refractivity contribution in [2.45, 2.75) is 24.5 Å². The molecule has 0 radical (unpaired) electrons. The molecule has 0 atom stereocenters. The first-order valence-electron chi connectivity index (χ1n) is 6.37. The number of nitrogens with zero attached hydrogens (tertiary/aromatic N) is 1. The summed E-state index contributed by atoms with van der Waals surface area (Å²) in [5.74, 6) is 0. The number of benzene rings is 1. The van der Waals surface area contributed by atoms with Gasteiger partial charge in [0.05, 0.1) is 4.90 Å². The summed E-state index contributed by atoms with van der Waals surface area (Å²) in [4.78, 5) is 0.373. The summed E-state index contributed by atoms with van der Waals surface area (Å²) in [7, 11) is -1.80. The summed E-state index contributed by atoms with van der Waals surface area (Å²) in [6.45, 7) is 1.97. The molecular weight excluding hydrogens is 292 g/mol. The fourth-order valence-electron chi connectivity index (χ4n) is 2.34. The monoisotopic (exact) mass is 308 g/mol. The number of nitrogens with one attached hydrogen (secondary N) is 1. The third kappa shape index (κ3) is 2.52. The van der Waals surface area contributed by atoms with Crippen LogP contribution in [-0.2, 0) is 29.7 Å². The number of rotatable bonds is 4. The first-order chi connectivity index (χ1) is 9.57. The Bertz CT molecular complexity index is 709. The Labute approximate surface area is 123 Å². The van der Waals surface area contributed by atoms with E-state index in [-0.39, 0.29) is 0 Å². The van der Waals surface area contributed by atoms with E-state index in [1.165, 1.54) is 9.87 Å². The van der Waals surface area contributed by atoms with Crippen LogP contribution in [-0.4, -0.2) is 19.8 Å². The first kappa shape index (κ1) is 13.8. The molecule has 3 rings (SSSR count). The van der Waals surface area contributed by atoms with Crippen LogP contribution < -0.4 is 5.32 Å². The zero-order chi connectivity index (χ0) is 14.2. The Morgan fingerprint density at radius 3 is 2.80 bits per heavy atom. The molecule has 0 spiro atoms. The highest BCUT2D eigenvalue weighted by atomic mass is 32.2. The van der Waals surface area contributed by atoms with E-state index in [1.54, 1.807) is 30.5 Å². The second-order valence-electron chi connectivity index (χ2n) is 4.93. The molecule has 1 aliphatic heterocycles. The smallest absolute Gasteiger partial charge is 0.243 e. The average Bonchev–Trinajstić information content (AvgIpc) is 3.07. The summed E-state index contributed by atoms with van der Waals surface area (Å²) in [5.41, 5.74) is 3.28. The van der Waals surface area contributed by atoms with Crippen LogP contribution in [0.2, 0.25) is 0 Å². The number of hydrogen-bond donors (Lipinski definition) is 1. The Hall–Kier alpha value is -1.21. The highest BCUT2D eigenvalue weighted by Crippen LogP contribution is 2.23. The molecule has 0 saturated carbocycles. The van der Waals surface area contributed by atoms with Crippen molar-refractivity contribution >= 4 is 21.4 Å². The van der Waals surface area contributed by atoms with Crippen molar-refractivity contribution in [3.05, 3.63) is 51.7 Å². The fourth-order valence-corrected chi connectivity index (χ4v) is 4.21. The molecule has 106 valence electrons. The predicted molar refractivity (Wildman–Crippen MR) is 80.0 cm³/mol. The zero-order valence-corrected chi connectivity index (χ0v) is 12.8. The second kappa shape index (κ2) is 5.29. The first-order valence-corrected chi connectivity index (χ1v) is 8.75. The van der Waals surface area contributed by atoms with E-state index < -0.39 is 10.0 Å². The molecule has 0 aliphatic carbocycles. The molecular formula is C14H16N2O2S2. The molecule has 2 aromatic rings. The van der Waals surface area contributed by atoms with Gasteiger partial charge >= 0.3 is 0 Å². The topological polar surface area (TPSA) is 49.4 Å². The molecule has 1 aromatic heterocycles. The van der Waals surface area contributed by atoms with Crippen LogP contribution in [0, 0.1) is 0 Å². The largest absolute Gasteiger partial charge is 0.309 e. The Morgan fingerprint density at radius 2 is 2.05 bits per heavy atom. The summed E-state index contributed by atoms with van der Waals surface area (Å²) < 4.78 is 26.5. The molecule has 6 heteroatoms. The van der Waals surface area contributed by atoms with Gasteiger partial charge in [0.2, 0.25) is 10.0 Å². The zero-order valence-electron chi connectivity index (χ0n) is 11.2. The standard InChI is InChI=1S/C14H16N2O2S2/c1-16(9-11-4-5-19-10-11)20(17,18)14-3-2-12-7-15-8-13(12)6-14/h2-6,10,15H,7-9H2,1H3. The van der Waals surface area contributed by atoms with E-state index in [2.05, 4.69) is 5.32 Å². The summed E-state index contributed by atoms with van der Waals surface area (Å²) in [5, 5.41) is 7.15. The van der Waals surface area contributed by atoms with Crippen molar-refractivity contribution in [2.75, 3.05) is 7.05 Å². The highest BCUT2D eigenvalue weighted by molar-refractivity contribution is 7.89. The normalized spacial score (nSPS) is 14.7. The summed E-state index contributed by atoms with van der Waals surface area (Å²) >= 11 is 1.57. The third-order valence-electron chi connectivity index (χ3n) is 3.50. The lowest BCUT2D eigenvalue weighted by Crippen LogP contribution is -2.26. The lowest BCUT2D eigenvalue weighted by molar-refractivity contribution is 0.467. The van der Waals surface area contributed by atoms with Gasteiger partial charge in [-0.05, 0) is 45.6 Å². The number of hydrogen-bond acceptors (Lipinski definition) is 4. The lowest BCUT2D eigenvalue weighted by Gasteiger charge is -2.17. The van der Waals surface area contributed by atoms with E-state index in [4.69, 9.17) is 0 Å². The summed E-state index contributed by atoms with van der Waals surface area (Å²) in [6, 6.07) is 7.34. The predicted octanol–water partition coefficient (Wildman–Crippen LogP) is 2.17. The maximum Gasteiger partial charge on any atom is 0.243 e. The quantitative estimate of drug-likeness (QED) is 0.942. The van der Waals surface area contributed by atoms with Crippen molar-refractivity contribution in [1.29, 1.82) is 0 Å². The maximum atomic E-state index is 12.6. The minimum Gasteiger partial charge on any atom is -0.309 e. The van der Waals surface area contributed by atoms with Gasteiger partial charge in [0, 0.05) is 26.7 Å². The number of thiophene rings is 1. The van der Waals surface area contributed by atoms with E-state index in [9.17, 15) is 8.42 Å². The SMILES string of the molecule is CN(Cc1ccsc1)S(=O)(=O)c1ccc2c(c1)CNC2. The van der Waals surface area contributed by atoms with Crippen LogP contribution in [0.3, 0.4) is 0 Å². The molecule has 20 heavy (non-hydrogen) atoms. The minimum absolute atomic E-state index is 0.373. The molecule has 2 heterocycles. The van der Waals surface area contributed by atoms with Crippen LogP contribution in [0.25, 0.3) is 0 Å².